The van der Waals surface area contributed by atoms with Crippen molar-refractivity contribution in [2.75, 3.05) is 33.7 Å². The second-order valence-corrected chi connectivity index (χ2v) is 7.53. The van der Waals surface area contributed by atoms with Gasteiger partial charge in [0, 0.05) is 40.3 Å². The van der Waals surface area contributed by atoms with Crippen molar-refractivity contribution < 1.29 is 14.4 Å². The number of carbonyl (C=O) groups is 3. The lowest BCUT2D eigenvalue weighted by molar-refractivity contribution is -0.140. The summed E-state index contributed by atoms with van der Waals surface area (Å²) in [4.78, 5) is 44.1. The Morgan fingerprint density at radius 3 is 2.12 bits per heavy atom. The van der Waals surface area contributed by atoms with Gasteiger partial charge in [0.25, 0.3) is 5.91 Å². The van der Waals surface area contributed by atoms with Gasteiger partial charge in [0.15, 0.2) is 0 Å². The zero-order valence-corrected chi connectivity index (χ0v) is 15.3. The maximum absolute atomic E-state index is 12.7. The lowest BCUT2D eigenvalue weighted by Crippen LogP contribution is -2.57. The largest absolute Gasteiger partial charge is 0.341 e. The van der Waals surface area contributed by atoms with Crippen LogP contribution in [-0.2, 0) is 22.7 Å². The molecule has 1 spiro atoms. The van der Waals surface area contributed by atoms with Crippen molar-refractivity contribution in [3.8, 4) is 0 Å². The highest BCUT2D eigenvalue weighted by molar-refractivity contribution is 6.06. The van der Waals surface area contributed by atoms with Gasteiger partial charge in [-0.3, -0.25) is 19.4 Å². The molecule has 3 aliphatic rings. The maximum atomic E-state index is 12.7. The molecule has 4 rings (SSSR count). The summed E-state index contributed by atoms with van der Waals surface area (Å²) in [5, 5.41) is 0. The molecule has 2 fully saturated rings. The van der Waals surface area contributed by atoms with Crippen LogP contribution in [0.1, 0.15) is 24.0 Å². The number of nitrogens with zero attached hydrogens (tertiary/aromatic N) is 4. The van der Waals surface area contributed by atoms with E-state index in [4.69, 9.17) is 0 Å². The molecule has 0 unspecified atom stereocenters. The number of hydrogen-bond donors (Lipinski definition) is 0. The molecule has 2 saturated heterocycles. The van der Waals surface area contributed by atoms with Gasteiger partial charge in [0.05, 0.1) is 6.54 Å². The number of carbonyl (C=O) groups excluding carboxylic acids is 3. The summed E-state index contributed by atoms with van der Waals surface area (Å²) < 4.78 is 0. The first-order valence-electron chi connectivity index (χ1n) is 9.05. The van der Waals surface area contributed by atoms with Crippen molar-refractivity contribution in [1.29, 1.82) is 0 Å². The summed E-state index contributed by atoms with van der Waals surface area (Å²) in [5.74, 6) is -0.0486. The molecule has 1 aromatic rings. The normalized spacial score (nSPS) is 22.5. The van der Waals surface area contributed by atoms with Crippen LogP contribution in [0.5, 0.6) is 0 Å². The number of benzene rings is 1. The predicted octanol–water partition coefficient (Wildman–Crippen LogP) is 0.887. The molecule has 138 valence electrons. The summed E-state index contributed by atoms with van der Waals surface area (Å²) in [5.41, 5.74) is 1.81. The van der Waals surface area contributed by atoms with E-state index in [1.807, 2.05) is 17.0 Å². The van der Waals surface area contributed by atoms with Gasteiger partial charge in [0.1, 0.15) is 5.54 Å². The highest BCUT2D eigenvalue weighted by atomic mass is 16.2. The van der Waals surface area contributed by atoms with E-state index in [0.717, 1.165) is 13.1 Å². The third-order valence-corrected chi connectivity index (χ3v) is 6.13. The molecule has 0 N–H and O–H groups in total. The smallest absolute Gasteiger partial charge is 0.327 e. The van der Waals surface area contributed by atoms with Gasteiger partial charge in [-0.05, 0) is 24.0 Å². The molecule has 3 heterocycles. The van der Waals surface area contributed by atoms with Gasteiger partial charge in [0.2, 0.25) is 5.91 Å². The average molecular weight is 356 g/mol. The number of urea groups is 1. The average Bonchev–Trinajstić information content (AvgIpc) is 3.12. The fourth-order valence-electron chi connectivity index (χ4n) is 4.43. The predicted molar refractivity (Wildman–Crippen MR) is 95.0 cm³/mol. The van der Waals surface area contributed by atoms with Gasteiger partial charge in [-0.15, -0.1) is 0 Å². The van der Waals surface area contributed by atoms with E-state index in [9.17, 15) is 14.4 Å². The van der Waals surface area contributed by atoms with Gasteiger partial charge < -0.3 is 9.80 Å². The van der Waals surface area contributed by atoms with Crippen LogP contribution in [0.25, 0.3) is 0 Å². The molecule has 0 bridgehead atoms. The molecule has 26 heavy (non-hydrogen) atoms. The lowest BCUT2D eigenvalue weighted by Gasteiger charge is -2.41. The van der Waals surface area contributed by atoms with Gasteiger partial charge in [-0.25, -0.2) is 4.79 Å². The summed E-state index contributed by atoms with van der Waals surface area (Å²) in [6.45, 7) is 3.03. The Kier molecular flexibility index (Phi) is 3.99. The third-order valence-electron chi connectivity index (χ3n) is 6.13. The number of likely N-dealkylation sites (N-methyl/N-ethyl adjacent to an activating group) is 2. The van der Waals surface area contributed by atoms with E-state index >= 15 is 0 Å². The molecule has 4 amide bonds. The second-order valence-electron chi connectivity index (χ2n) is 7.53. The van der Waals surface area contributed by atoms with Crippen molar-refractivity contribution in [2.45, 2.75) is 31.5 Å². The van der Waals surface area contributed by atoms with Crippen molar-refractivity contribution in [1.82, 2.24) is 19.6 Å². The zero-order valence-electron chi connectivity index (χ0n) is 15.3. The quantitative estimate of drug-likeness (QED) is 0.738. The summed E-state index contributed by atoms with van der Waals surface area (Å²) in [6.07, 6.45) is 1.01. The van der Waals surface area contributed by atoms with Crippen LogP contribution >= 0.6 is 0 Å². The van der Waals surface area contributed by atoms with Crippen LogP contribution < -0.4 is 0 Å². The molecular weight excluding hydrogens is 332 g/mol. The number of fused-ring (bicyclic) bond motifs is 1. The van der Waals surface area contributed by atoms with E-state index < -0.39 is 5.54 Å². The Morgan fingerprint density at radius 1 is 1.04 bits per heavy atom. The van der Waals surface area contributed by atoms with Crippen molar-refractivity contribution in [3.63, 3.8) is 0 Å². The fraction of sp³-hybridized carbons (Fsp3) is 0.526. The van der Waals surface area contributed by atoms with Gasteiger partial charge in [-0.2, -0.15) is 0 Å². The number of amides is 4. The van der Waals surface area contributed by atoms with Crippen LogP contribution in [0.2, 0.25) is 0 Å². The fourth-order valence-corrected chi connectivity index (χ4v) is 4.43. The third kappa shape index (κ3) is 2.49. The molecular formula is C19H24N4O3. The monoisotopic (exact) mass is 356 g/mol. The number of rotatable bonds is 2. The first kappa shape index (κ1) is 17.0. The molecule has 7 heteroatoms. The highest BCUT2D eigenvalue weighted by Crippen LogP contribution is 2.35. The topological polar surface area (TPSA) is 64.2 Å². The molecule has 0 radical (unpaired) electrons. The van der Waals surface area contributed by atoms with E-state index in [2.05, 4.69) is 17.0 Å². The van der Waals surface area contributed by atoms with E-state index in [1.165, 1.54) is 23.1 Å². The molecule has 0 saturated carbocycles. The molecule has 1 aromatic carbocycles. The van der Waals surface area contributed by atoms with Gasteiger partial charge in [-0.1, -0.05) is 24.3 Å². The Morgan fingerprint density at radius 2 is 1.62 bits per heavy atom. The number of likely N-dealkylation sites (tertiary alicyclic amines) is 1. The van der Waals surface area contributed by atoms with Crippen LogP contribution in [0.4, 0.5) is 4.79 Å². The second kappa shape index (κ2) is 6.09. The maximum Gasteiger partial charge on any atom is 0.327 e. The summed E-state index contributed by atoms with van der Waals surface area (Å²) in [6, 6.07) is 8.02. The minimum atomic E-state index is -0.771. The van der Waals surface area contributed by atoms with Gasteiger partial charge >= 0.3 is 6.03 Å². The molecule has 0 aromatic heterocycles. The Labute approximate surface area is 153 Å². The van der Waals surface area contributed by atoms with Crippen LogP contribution in [0.3, 0.4) is 0 Å². The lowest BCUT2D eigenvalue weighted by atomic mass is 9.86. The standard InChI is InChI=1S/C19H24N4O3/c1-20-17(25)19(21(2)18(20)26)7-9-23(10-8-19)16(24)13-22-11-14-5-3-4-6-15(14)12-22/h3-6H,7-13H2,1-2H3. The number of hydrogen-bond acceptors (Lipinski definition) is 4. The van der Waals surface area contributed by atoms with Crippen LogP contribution in [0, 0.1) is 0 Å². The molecule has 3 aliphatic heterocycles. The van der Waals surface area contributed by atoms with E-state index in [-0.39, 0.29) is 17.8 Å². The van der Waals surface area contributed by atoms with E-state index in [1.54, 1.807) is 11.9 Å². The Bertz CT molecular complexity index is 745. The first-order valence-corrected chi connectivity index (χ1v) is 9.05. The highest BCUT2D eigenvalue weighted by Gasteiger charge is 2.55. The van der Waals surface area contributed by atoms with Crippen LogP contribution in [-0.4, -0.2) is 76.7 Å². The molecule has 0 aliphatic carbocycles. The van der Waals surface area contributed by atoms with Crippen LogP contribution in [0.15, 0.2) is 24.3 Å². The minimum Gasteiger partial charge on any atom is -0.341 e. The first-order chi connectivity index (χ1) is 12.4. The zero-order chi connectivity index (χ0) is 18.5. The molecule has 7 nitrogen and oxygen atoms in total. The van der Waals surface area contributed by atoms with Crippen molar-refractivity contribution in [2.24, 2.45) is 0 Å². The molecule has 0 atom stereocenters. The minimum absolute atomic E-state index is 0.0976. The van der Waals surface area contributed by atoms with Crippen molar-refractivity contribution >= 4 is 17.8 Å². The Balaban J connectivity index is 1.36. The van der Waals surface area contributed by atoms with Crippen molar-refractivity contribution in [3.05, 3.63) is 35.4 Å². The summed E-state index contributed by atoms with van der Waals surface area (Å²) in [7, 11) is 3.21. The number of piperidine rings is 1. The SMILES string of the molecule is CN1C(=O)N(C)C2(CCN(C(=O)CN3Cc4ccccc4C3)CC2)C1=O. The summed E-state index contributed by atoms with van der Waals surface area (Å²) >= 11 is 0. The van der Waals surface area contributed by atoms with E-state index in [0.29, 0.717) is 32.5 Å². The Hall–Kier alpha value is -2.41. The number of imide groups is 1.